The van der Waals surface area contributed by atoms with Crippen molar-refractivity contribution in [2.45, 2.75) is 50.0 Å². The van der Waals surface area contributed by atoms with Crippen LogP contribution in [0.25, 0.3) is 0 Å². The van der Waals surface area contributed by atoms with E-state index in [2.05, 4.69) is 9.62 Å². The van der Waals surface area contributed by atoms with Crippen molar-refractivity contribution in [2.75, 3.05) is 38.2 Å². The Morgan fingerprint density at radius 3 is 2.55 bits per heavy atom. The molecule has 0 aliphatic carbocycles. The fraction of sp³-hybridized carbons (Fsp3) is 0.480. The summed E-state index contributed by atoms with van der Waals surface area (Å²) in [5, 5.41) is 0. The van der Waals surface area contributed by atoms with Gasteiger partial charge in [0.2, 0.25) is 15.9 Å². The molecule has 0 spiro atoms. The Labute approximate surface area is 196 Å². The van der Waals surface area contributed by atoms with Crippen LogP contribution in [0.1, 0.15) is 49.8 Å². The molecule has 178 valence electrons. The molecule has 2 heterocycles. The highest BCUT2D eigenvalue weighted by Gasteiger charge is 2.28. The van der Waals surface area contributed by atoms with Crippen LogP contribution in [0, 0.1) is 0 Å². The summed E-state index contributed by atoms with van der Waals surface area (Å²) < 4.78 is 35.0. The summed E-state index contributed by atoms with van der Waals surface area (Å²) in [6, 6.07) is 12.8. The van der Waals surface area contributed by atoms with E-state index in [1.165, 1.54) is 6.42 Å². The number of piperidine rings is 1. The van der Waals surface area contributed by atoms with Crippen molar-refractivity contribution in [1.82, 2.24) is 9.62 Å². The van der Waals surface area contributed by atoms with E-state index in [4.69, 9.17) is 4.74 Å². The molecule has 0 aromatic heterocycles. The zero-order valence-electron chi connectivity index (χ0n) is 19.4. The Hall–Kier alpha value is -2.42. The number of nitrogens with one attached hydrogen (secondary N) is 1. The van der Waals surface area contributed by atoms with E-state index >= 15 is 0 Å². The highest BCUT2D eigenvalue weighted by atomic mass is 32.2. The smallest absolute Gasteiger partial charge is 0.240 e. The summed E-state index contributed by atoms with van der Waals surface area (Å²) >= 11 is 0. The lowest BCUT2D eigenvalue weighted by Gasteiger charge is -2.35. The van der Waals surface area contributed by atoms with Crippen molar-refractivity contribution in [2.24, 2.45) is 0 Å². The van der Waals surface area contributed by atoms with Crippen LogP contribution in [0.5, 0.6) is 5.75 Å². The largest absolute Gasteiger partial charge is 0.496 e. The molecule has 1 unspecified atom stereocenters. The zero-order valence-corrected chi connectivity index (χ0v) is 20.2. The van der Waals surface area contributed by atoms with Gasteiger partial charge >= 0.3 is 0 Å². The minimum Gasteiger partial charge on any atom is -0.496 e. The highest BCUT2D eigenvalue weighted by Crippen LogP contribution is 2.32. The minimum absolute atomic E-state index is 0.0223. The third-order valence-corrected chi connectivity index (χ3v) is 8.08. The Morgan fingerprint density at radius 2 is 1.82 bits per heavy atom. The maximum absolute atomic E-state index is 13.3. The summed E-state index contributed by atoms with van der Waals surface area (Å²) in [7, 11) is -2.07. The molecule has 0 radical (unpaired) electrons. The molecule has 2 aromatic rings. The van der Waals surface area contributed by atoms with Gasteiger partial charge in [-0.1, -0.05) is 24.6 Å². The molecule has 2 aliphatic rings. The van der Waals surface area contributed by atoms with Gasteiger partial charge in [-0.05, 0) is 68.6 Å². The Balaban J connectivity index is 1.58. The average Bonchev–Trinajstić information content (AvgIpc) is 2.84. The Morgan fingerprint density at radius 1 is 1.06 bits per heavy atom. The minimum atomic E-state index is -3.71. The number of methoxy groups -OCH3 is 1. The van der Waals surface area contributed by atoms with Crippen LogP contribution in [-0.2, 0) is 21.2 Å². The predicted octanol–water partition coefficient (Wildman–Crippen LogP) is 3.50. The number of likely N-dealkylation sites (tertiary alicyclic amines) is 1. The molecule has 7 nitrogen and oxygen atoms in total. The number of aryl methyl sites for hydroxylation is 1. The fourth-order valence-corrected chi connectivity index (χ4v) is 6.04. The second-order valence-corrected chi connectivity index (χ2v) is 10.5. The first-order chi connectivity index (χ1) is 15.9. The molecule has 2 aromatic carbocycles. The number of anilines is 1. The number of hydrogen-bond acceptors (Lipinski definition) is 5. The molecule has 1 atom stereocenters. The molecule has 1 fully saturated rings. The molecule has 0 saturated carbocycles. The van der Waals surface area contributed by atoms with E-state index in [0.717, 1.165) is 61.3 Å². The van der Waals surface area contributed by atoms with Gasteiger partial charge in [0.15, 0.2) is 0 Å². The summed E-state index contributed by atoms with van der Waals surface area (Å²) in [5.41, 5.74) is 2.71. The molecular formula is C25H33N3O4S. The Bertz CT molecular complexity index is 1100. The van der Waals surface area contributed by atoms with Gasteiger partial charge in [0.05, 0.1) is 18.0 Å². The number of carbonyl (C=O) groups is 1. The normalized spacial score (nSPS) is 17.9. The number of rotatable bonds is 7. The third kappa shape index (κ3) is 5.23. The molecule has 1 N–H and O–H groups in total. The van der Waals surface area contributed by atoms with Crippen molar-refractivity contribution in [3.63, 3.8) is 0 Å². The predicted molar refractivity (Wildman–Crippen MR) is 129 cm³/mol. The molecule has 8 heteroatoms. The van der Waals surface area contributed by atoms with Gasteiger partial charge in [0.1, 0.15) is 5.75 Å². The van der Waals surface area contributed by atoms with Crippen LogP contribution in [0.4, 0.5) is 5.69 Å². The highest BCUT2D eigenvalue weighted by molar-refractivity contribution is 7.89. The maximum atomic E-state index is 13.3. The number of benzene rings is 2. The molecule has 1 amide bonds. The van der Waals surface area contributed by atoms with Gasteiger partial charge < -0.3 is 9.64 Å². The third-order valence-electron chi connectivity index (χ3n) is 6.66. The van der Waals surface area contributed by atoms with E-state index in [0.29, 0.717) is 6.54 Å². The number of hydrogen-bond donors (Lipinski definition) is 1. The second-order valence-electron chi connectivity index (χ2n) is 8.77. The number of sulfonamides is 1. The van der Waals surface area contributed by atoms with Crippen LogP contribution < -0.4 is 14.4 Å². The maximum Gasteiger partial charge on any atom is 0.240 e. The molecular weight excluding hydrogens is 438 g/mol. The molecule has 4 rings (SSSR count). The number of nitrogens with zero attached hydrogens (tertiary/aromatic N) is 2. The van der Waals surface area contributed by atoms with Gasteiger partial charge in [-0.25, -0.2) is 13.1 Å². The second kappa shape index (κ2) is 10.2. The fourth-order valence-electron chi connectivity index (χ4n) is 4.95. The van der Waals surface area contributed by atoms with Crippen LogP contribution in [0.3, 0.4) is 0 Å². The van der Waals surface area contributed by atoms with E-state index in [-0.39, 0.29) is 23.4 Å². The number of fused-ring (bicyclic) bond motifs is 1. The van der Waals surface area contributed by atoms with E-state index in [1.54, 1.807) is 37.1 Å². The quantitative estimate of drug-likeness (QED) is 0.669. The summed E-state index contributed by atoms with van der Waals surface area (Å²) in [4.78, 5) is 16.2. The topological polar surface area (TPSA) is 79.0 Å². The molecule has 2 aliphatic heterocycles. The number of para-hydroxylation sites is 1. The van der Waals surface area contributed by atoms with E-state index < -0.39 is 10.0 Å². The van der Waals surface area contributed by atoms with Gasteiger partial charge in [-0.2, -0.15) is 0 Å². The summed E-state index contributed by atoms with van der Waals surface area (Å²) in [6.45, 7) is 4.34. The van der Waals surface area contributed by atoms with Crippen LogP contribution in [0.15, 0.2) is 47.4 Å². The first kappa shape index (κ1) is 23.7. The van der Waals surface area contributed by atoms with Crippen molar-refractivity contribution in [3.8, 4) is 5.75 Å². The number of amides is 1. The lowest BCUT2D eigenvalue weighted by atomic mass is 10.0. The lowest BCUT2D eigenvalue weighted by molar-refractivity contribution is -0.116. The molecule has 33 heavy (non-hydrogen) atoms. The van der Waals surface area contributed by atoms with Gasteiger partial charge in [-0.3, -0.25) is 9.69 Å². The van der Waals surface area contributed by atoms with Gasteiger partial charge in [0.25, 0.3) is 0 Å². The van der Waals surface area contributed by atoms with Gasteiger partial charge in [0, 0.05) is 31.3 Å². The van der Waals surface area contributed by atoms with Crippen LogP contribution in [-0.4, -0.2) is 52.5 Å². The van der Waals surface area contributed by atoms with Crippen molar-refractivity contribution >= 4 is 21.6 Å². The van der Waals surface area contributed by atoms with Gasteiger partial charge in [-0.15, -0.1) is 0 Å². The standard InChI is InChI=1S/C25H33N3O4S/c1-19(29)28-16-8-9-20-17-21(12-13-23(20)28)33(30,31)26-18-24(27-14-6-3-7-15-27)22-10-4-5-11-25(22)32-2/h4-5,10-13,17,24,26H,3,6-9,14-16,18H2,1-2H3. The van der Waals surface area contributed by atoms with E-state index in [1.807, 2.05) is 24.3 Å². The summed E-state index contributed by atoms with van der Waals surface area (Å²) in [6.07, 6.45) is 5.01. The monoisotopic (exact) mass is 471 g/mol. The van der Waals surface area contributed by atoms with Crippen molar-refractivity contribution < 1.29 is 17.9 Å². The average molecular weight is 472 g/mol. The van der Waals surface area contributed by atoms with Crippen LogP contribution >= 0.6 is 0 Å². The number of carbonyl (C=O) groups excluding carboxylic acids is 1. The summed E-state index contributed by atoms with van der Waals surface area (Å²) in [5.74, 6) is 0.747. The lowest BCUT2D eigenvalue weighted by Crippen LogP contribution is -2.40. The number of ether oxygens (including phenoxy) is 1. The Kier molecular flexibility index (Phi) is 7.36. The van der Waals surface area contributed by atoms with Crippen LogP contribution in [0.2, 0.25) is 0 Å². The van der Waals surface area contributed by atoms with Crippen molar-refractivity contribution in [3.05, 3.63) is 53.6 Å². The van der Waals surface area contributed by atoms with Crippen molar-refractivity contribution in [1.29, 1.82) is 0 Å². The molecule has 0 bridgehead atoms. The first-order valence-corrected chi connectivity index (χ1v) is 13.2. The van der Waals surface area contributed by atoms with E-state index in [9.17, 15) is 13.2 Å². The first-order valence-electron chi connectivity index (χ1n) is 11.7. The zero-order chi connectivity index (χ0) is 23.4. The SMILES string of the molecule is COc1ccccc1C(CNS(=O)(=O)c1ccc2c(c1)CCCN2C(C)=O)N1CCCCC1. The molecule has 1 saturated heterocycles.